The molecule has 2 fully saturated rings. The molecule has 0 radical (unpaired) electrons. The fraction of sp³-hybridized carbons (Fsp3) is 0.500. The number of likely N-dealkylation sites (tertiary alicyclic amines) is 1. The maximum Gasteiger partial charge on any atom is 0.353 e. The van der Waals surface area contributed by atoms with E-state index in [1.807, 2.05) is 50.9 Å². The lowest BCUT2D eigenvalue weighted by Gasteiger charge is -2.36. The summed E-state index contributed by atoms with van der Waals surface area (Å²) in [7, 11) is 1.08. The van der Waals surface area contributed by atoms with Crippen molar-refractivity contribution in [1.29, 1.82) is 0 Å². The van der Waals surface area contributed by atoms with Gasteiger partial charge in [0.1, 0.15) is 5.69 Å². The lowest BCUT2D eigenvalue weighted by atomic mass is 9.79. The van der Waals surface area contributed by atoms with Gasteiger partial charge in [-0.15, -0.1) is 0 Å². The quantitative estimate of drug-likeness (QED) is 0.308. The summed E-state index contributed by atoms with van der Waals surface area (Å²) >= 11 is 0. The number of methoxy groups -OCH3 is 1. The van der Waals surface area contributed by atoms with Gasteiger partial charge in [0.05, 0.1) is 36.1 Å². The van der Waals surface area contributed by atoms with Crippen LogP contribution in [0.1, 0.15) is 59.2 Å². The van der Waals surface area contributed by atoms with E-state index in [2.05, 4.69) is 14.5 Å². The van der Waals surface area contributed by atoms with Crippen LogP contribution in [0.15, 0.2) is 24.3 Å². The molecule has 2 saturated heterocycles. The van der Waals surface area contributed by atoms with E-state index in [4.69, 9.17) is 10.5 Å². The number of sulfonamides is 1. The number of nitrogens with one attached hydrogen (secondary N) is 1. The van der Waals surface area contributed by atoms with Crippen LogP contribution < -0.4 is 15.2 Å². The molecule has 0 bridgehead atoms. The molecule has 2 amide bonds. The van der Waals surface area contributed by atoms with Crippen LogP contribution in [0.2, 0.25) is 0 Å². The molecule has 1 atom stereocenters. The molecule has 2 aliphatic rings. The minimum absolute atomic E-state index is 0.0345. The summed E-state index contributed by atoms with van der Waals surface area (Å²) in [6.45, 7) is 10.5. The number of hydrogen-bond donors (Lipinski definition) is 3. The first-order valence-corrected chi connectivity index (χ1v) is 17.9. The fourth-order valence-electron chi connectivity index (χ4n) is 7.18. The summed E-state index contributed by atoms with van der Waals surface area (Å²) in [5, 5.41) is 11.3. The molecule has 14 heteroatoms. The Morgan fingerprint density at radius 1 is 1.06 bits per heavy atom. The molecule has 3 aromatic rings. The van der Waals surface area contributed by atoms with Gasteiger partial charge in [0.2, 0.25) is 15.9 Å². The summed E-state index contributed by atoms with van der Waals surface area (Å²) in [5.41, 5.74) is 7.57. The Balaban J connectivity index is 1.65. The van der Waals surface area contributed by atoms with E-state index in [1.165, 1.54) is 7.11 Å². The van der Waals surface area contributed by atoms with Crippen molar-refractivity contribution in [2.24, 2.45) is 18.7 Å². The summed E-state index contributed by atoms with van der Waals surface area (Å²) in [6.07, 6.45) is 1.86. The Labute approximate surface area is 281 Å². The highest BCUT2D eigenvalue weighted by Gasteiger charge is 2.35. The number of para-hydroxylation sites is 1. The van der Waals surface area contributed by atoms with Gasteiger partial charge in [-0.25, -0.2) is 13.2 Å². The average molecular weight is 683 g/mol. The molecule has 5 rings (SSSR count). The van der Waals surface area contributed by atoms with Gasteiger partial charge in [-0.3, -0.25) is 19.2 Å². The Morgan fingerprint density at radius 2 is 1.73 bits per heavy atom. The average Bonchev–Trinajstić information content (AvgIpc) is 3.56. The third kappa shape index (κ3) is 6.74. The van der Waals surface area contributed by atoms with Crippen LogP contribution in [0.4, 0.5) is 5.69 Å². The number of hydrogen-bond acceptors (Lipinski definition) is 8. The third-order valence-corrected chi connectivity index (χ3v) is 9.99. The van der Waals surface area contributed by atoms with Crippen LogP contribution in [0.5, 0.6) is 5.75 Å². The summed E-state index contributed by atoms with van der Waals surface area (Å²) in [5.74, 6) is -1.87. The number of aryl methyl sites for hydroxylation is 1. The van der Waals surface area contributed by atoms with Crippen molar-refractivity contribution in [2.75, 3.05) is 64.4 Å². The number of amides is 2. The van der Waals surface area contributed by atoms with Gasteiger partial charge in [-0.1, -0.05) is 39.0 Å². The molecule has 4 N–H and O–H groups in total. The van der Waals surface area contributed by atoms with E-state index in [0.717, 1.165) is 31.3 Å². The van der Waals surface area contributed by atoms with Gasteiger partial charge in [-0.2, -0.15) is 0 Å². The number of benzene rings is 2. The topological polar surface area (TPSA) is 168 Å². The number of aromatic carboxylic acids is 1. The van der Waals surface area contributed by atoms with Gasteiger partial charge < -0.3 is 29.9 Å². The number of aromatic nitrogens is 1. The normalized spacial score (nSPS) is 18.0. The number of carbonyl (C=O) groups excluding carboxylic acids is 2. The molecule has 1 unspecified atom stereocenters. The third-order valence-electron chi connectivity index (χ3n) is 9.41. The zero-order valence-corrected chi connectivity index (χ0v) is 29.5. The standard InChI is InChI=1S/C34H46N6O7S/c1-34(2,3)24-17-23(31(35)41)30(47-6)27(36-48(7,45)46)26(24)25-22-10-8-9-20(28(22)38(5)29(25)33(43)44)19-39-13-15-40(16-14-39)32(42)21-11-12-37(4)18-21/h8-10,17,21,36H,11-16,18-19H2,1-7H3,(H2,35,41)(H,43,44). The first kappa shape index (κ1) is 35.2. The van der Waals surface area contributed by atoms with Crippen molar-refractivity contribution in [1.82, 2.24) is 19.3 Å². The molecule has 0 saturated carbocycles. The van der Waals surface area contributed by atoms with Crippen LogP contribution in [0.3, 0.4) is 0 Å². The number of carbonyl (C=O) groups is 3. The molecule has 2 aromatic carbocycles. The Hall–Kier alpha value is -4.14. The van der Waals surface area contributed by atoms with Gasteiger partial charge >= 0.3 is 5.97 Å². The monoisotopic (exact) mass is 682 g/mol. The molecule has 1 aromatic heterocycles. The predicted octanol–water partition coefficient (Wildman–Crippen LogP) is 2.92. The number of carboxylic acids is 1. The highest BCUT2D eigenvalue weighted by Crippen LogP contribution is 2.49. The van der Waals surface area contributed by atoms with Gasteiger partial charge in [0, 0.05) is 62.8 Å². The molecule has 2 aliphatic heterocycles. The number of carboxylic acid groups (broad SMARTS) is 1. The van der Waals surface area contributed by atoms with Gasteiger partial charge in [0.15, 0.2) is 5.75 Å². The number of fused-ring (bicyclic) bond motifs is 1. The second-order valence-corrected chi connectivity index (χ2v) is 15.7. The lowest BCUT2D eigenvalue weighted by Crippen LogP contribution is -2.50. The summed E-state index contributed by atoms with van der Waals surface area (Å²) < 4.78 is 35.3. The molecule has 0 spiro atoms. The summed E-state index contributed by atoms with van der Waals surface area (Å²) in [6, 6.07) is 7.20. The lowest BCUT2D eigenvalue weighted by molar-refractivity contribution is -0.136. The SMILES string of the molecule is COc1c(C(N)=O)cc(C(C)(C)C)c(-c2c(C(=O)O)n(C)c3c(CN4CCN(C(=O)C5CCN(C)C5)CC4)cccc23)c1NS(C)(=O)=O. The van der Waals surface area contributed by atoms with Crippen molar-refractivity contribution in [3.8, 4) is 16.9 Å². The van der Waals surface area contributed by atoms with E-state index in [1.54, 1.807) is 17.7 Å². The van der Waals surface area contributed by atoms with E-state index >= 15 is 0 Å². The number of nitrogens with two attached hydrogens (primary N) is 1. The number of nitrogens with zero attached hydrogens (tertiary/aromatic N) is 4. The number of anilines is 1. The van der Waals surface area contributed by atoms with E-state index in [0.29, 0.717) is 60.3 Å². The van der Waals surface area contributed by atoms with E-state index in [9.17, 15) is 27.9 Å². The minimum atomic E-state index is -3.94. The maximum atomic E-state index is 13.1. The molecule has 13 nitrogen and oxygen atoms in total. The Kier molecular flexibility index (Phi) is 9.56. The maximum absolute atomic E-state index is 13.1. The van der Waals surface area contributed by atoms with Gasteiger partial charge in [-0.05, 0) is 42.6 Å². The van der Waals surface area contributed by atoms with Crippen molar-refractivity contribution < 1.29 is 32.6 Å². The van der Waals surface area contributed by atoms with Crippen molar-refractivity contribution in [3.63, 3.8) is 0 Å². The van der Waals surface area contributed by atoms with Gasteiger partial charge in [0.25, 0.3) is 5.91 Å². The van der Waals surface area contributed by atoms with Crippen molar-refractivity contribution >= 4 is 44.4 Å². The van der Waals surface area contributed by atoms with Crippen LogP contribution in [0, 0.1) is 5.92 Å². The first-order chi connectivity index (χ1) is 22.4. The number of ether oxygens (including phenoxy) is 1. The molecule has 48 heavy (non-hydrogen) atoms. The van der Waals surface area contributed by atoms with Crippen LogP contribution in [-0.4, -0.2) is 110 Å². The van der Waals surface area contributed by atoms with E-state index < -0.39 is 27.3 Å². The van der Waals surface area contributed by atoms with E-state index in [-0.39, 0.29) is 34.5 Å². The van der Waals surface area contributed by atoms with Crippen LogP contribution >= 0.6 is 0 Å². The number of primary amides is 1. The minimum Gasteiger partial charge on any atom is -0.494 e. The smallest absolute Gasteiger partial charge is 0.353 e. The Bertz CT molecular complexity index is 1890. The molecule has 3 heterocycles. The second kappa shape index (κ2) is 13.1. The highest BCUT2D eigenvalue weighted by atomic mass is 32.2. The molecular formula is C34H46N6O7S. The highest BCUT2D eigenvalue weighted by molar-refractivity contribution is 7.92. The predicted molar refractivity (Wildman–Crippen MR) is 185 cm³/mol. The van der Waals surface area contributed by atoms with Crippen LogP contribution in [-0.2, 0) is 33.8 Å². The number of rotatable bonds is 9. The zero-order chi connectivity index (χ0) is 35.3. The molecule has 260 valence electrons. The van der Waals surface area contributed by atoms with Crippen LogP contribution in [0.25, 0.3) is 22.0 Å². The summed E-state index contributed by atoms with van der Waals surface area (Å²) in [4.78, 5) is 45.2. The zero-order valence-electron chi connectivity index (χ0n) is 28.7. The fourth-order valence-corrected chi connectivity index (χ4v) is 7.75. The molecule has 0 aliphatic carbocycles. The second-order valence-electron chi connectivity index (χ2n) is 14.0. The largest absolute Gasteiger partial charge is 0.494 e. The first-order valence-electron chi connectivity index (χ1n) is 16.0. The van der Waals surface area contributed by atoms with Crippen molar-refractivity contribution in [3.05, 3.63) is 46.6 Å². The molecular weight excluding hydrogens is 636 g/mol. The Morgan fingerprint density at radius 3 is 2.25 bits per heavy atom. The number of piperazine rings is 1. The van der Waals surface area contributed by atoms with Crippen molar-refractivity contribution in [2.45, 2.75) is 39.2 Å².